The van der Waals surface area contributed by atoms with Crippen molar-refractivity contribution in [1.82, 2.24) is 10.2 Å². The Morgan fingerprint density at radius 1 is 1.42 bits per heavy atom. The van der Waals surface area contributed by atoms with Gasteiger partial charge in [0.2, 0.25) is 5.91 Å². The van der Waals surface area contributed by atoms with Crippen LogP contribution in [0, 0.1) is 5.92 Å². The van der Waals surface area contributed by atoms with Crippen LogP contribution in [0.2, 0.25) is 0 Å². The first-order valence-corrected chi connectivity index (χ1v) is 8.56. The van der Waals surface area contributed by atoms with Crippen LogP contribution in [0.25, 0.3) is 0 Å². The van der Waals surface area contributed by atoms with Gasteiger partial charge in [0, 0.05) is 18.6 Å². The summed E-state index contributed by atoms with van der Waals surface area (Å²) in [5.41, 5.74) is 0. The van der Waals surface area contributed by atoms with E-state index in [1.54, 1.807) is 4.90 Å². The van der Waals surface area contributed by atoms with Crippen LogP contribution in [-0.4, -0.2) is 69.6 Å². The van der Waals surface area contributed by atoms with Crippen LogP contribution in [0.15, 0.2) is 0 Å². The van der Waals surface area contributed by atoms with Crippen molar-refractivity contribution in [1.29, 1.82) is 0 Å². The zero-order chi connectivity index (χ0) is 14.0. The van der Waals surface area contributed by atoms with Gasteiger partial charge in [0.05, 0.1) is 30.6 Å². The van der Waals surface area contributed by atoms with Crippen molar-refractivity contribution >= 4 is 15.7 Å². The summed E-state index contributed by atoms with van der Waals surface area (Å²) in [6.07, 6.45) is 0.555. The second-order valence-corrected chi connectivity index (χ2v) is 7.45. The highest BCUT2D eigenvalue weighted by Crippen LogP contribution is 2.23. The van der Waals surface area contributed by atoms with Crippen LogP contribution < -0.4 is 5.32 Å². The number of carbonyl (C=O) groups excluding carboxylic acids is 1. The summed E-state index contributed by atoms with van der Waals surface area (Å²) in [5, 5.41) is 3.09. The van der Waals surface area contributed by atoms with Gasteiger partial charge in [0.15, 0.2) is 9.84 Å². The molecule has 1 amide bonds. The smallest absolute Gasteiger partial charge is 0.229 e. The number of hydrogen-bond acceptors (Lipinski definition) is 5. The second kappa shape index (κ2) is 5.76. The third-order valence-corrected chi connectivity index (χ3v) is 5.79. The predicted molar refractivity (Wildman–Crippen MR) is 71.6 cm³/mol. The fraction of sp³-hybridized carbons (Fsp3) is 0.917. The molecule has 2 rings (SSSR count). The third kappa shape index (κ3) is 3.09. The Labute approximate surface area is 114 Å². The quantitative estimate of drug-likeness (QED) is 0.738. The summed E-state index contributed by atoms with van der Waals surface area (Å²) in [5.74, 6) is 0.109. The van der Waals surface area contributed by atoms with Gasteiger partial charge in [-0.05, 0) is 20.4 Å². The molecule has 110 valence electrons. The van der Waals surface area contributed by atoms with E-state index in [9.17, 15) is 13.2 Å². The van der Waals surface area contributed by atoms with Crippen LogP contribution >= 0.6 is 0 Å². The molecule has 2 saturated heterocycles. The van der Waals surface area contributed by atoms with E-state index < -0.39 is 9.84 Å². The first-order valence-electron chi connectivity index (χ1n) is 6.74. The highest BCUT2D eigenvalue weighted by atomic mass is 32.2. The first kappa shape index (κ1) is 14.7. The van der Waals surface area contributed by atoms with E-state index in [2.05, 4.69) is 5.32 Å². The van der Waals surface area contributed by atoms with Crippen molar-refractivity contribution in [3.8, 4) is 0 Å². The van der Waals surface area contributed by atoms with Crippen LogP contribution in [0.5, 0.6) is 0 Å². The van der Waals surface area contributed by atoms with E-state index >= 15 is 0 Å². The predicted octanol–water partition coefficient (Wildman–Crippen LogP) is -0.744. The average Bonchev–Trinajstić information content (AvgIpc) is 2.96. The Morgan fingerprint density at radius 2 is 2.16 bits per heavy atom. The van der Waals surface area contributed by atoms with E-state index in [0.717, 1.165) is 0 Å². The molecule has 1 N–H and O–H groups in total. The normalized spacial score (nSPS) is 33.5. The zero-order valence-electron chi connectivity index (χ0n) is 11.5. The molecule has 0 aromatic rings. The number of nitrogens with zero attached hydrogens (tertiary/aromatic N) is 1. The lowest BCUT2D eigenvalue weighted by Gasteiger charge is -2.30. The minimum absolute atomic E-state index is 0.0152. The maximum absolute atomic E-state index is 12.6. The number of sulfone groups is 1. The van der Waals surface area contributed by atoms with Gasteiger partial charge in [-0.25, -0.2) is 8.42 Å². The zero-order valence-corrected chi connectivity index (χ0v) is 12.3. The highest BCUT2D eigenvalue weighted by Gasteiger charge is 2.40. The minimum atomic E-state index is -2.97. The Kier molecular flexibility index (Phi) is 4.47. The fourth-order valence-corrected chi connectivity index (χ4v) is 4.64. The van der Waals surface area contributed by atoms with E-state index in [1.807, 2.05) is 14.0 Å². The number of nitrogens with one attached hydrogen (secondary N) is 1. The van der Waals surface area contributed by atoms with Crippen molar-refractivity contribution in [2.75, 3.05) is 38.3 Å². The van der Waals surface area contributed by atoms with Gasteiger partial charge in [-0.3, -0.25) is 4.79 Å². The number of hydrogen-bond donors (Lipinski definition) is 1. The van der Waals surface area contributed by atoms with Gasteiger partial charge in [0.25, 0.3) is 0 Å². The van der Waals surface area contributed by atoms with E-state index in [-0.39, 0.29) is 35.4 Å². The highest BCUT2D eigenvalue weighted by molar-refractivity contribution is 7.91. The molecule has 3 unspecified atom stereocenters. The third-order valence-electron chi connectivity index (χ3n) is 4.04. The molecule has 0 aliphatic carbocycles. The fourth-order valence-electron chi connectivity index (χ4n) is 2.91. The molecule has 2 heterocycles. The Bertz CT molecular complexity index is 437. The average molecular weight is 290 g/mol. The summed E-state index contributed by atoms with van der Waals surface area (Å²) in [7, 11) is -1.15. The lowest BCUT2D eigenvalue weighted by atomic mass is 10.0. The maximum atomic E-state index is 12.6. The molecule has 0 radical (unpaired) electrons. The lowest BCUT2D eigenvalue weighted by Crippen LogP contribution is -2.49. The number of amides is 1. The monoisotopic (exact) mass is 290 g/mol. The Balaban J connectivity index is 2.07. The van der Waals surface area contributed by atoms with Gasteiger partial charge < -0.3 is 15.0 Å². The Hall–Kier alpha value is -0.660. The molecule has 7 heteroatoms. The number of carbonyl (C=O) groups is 1. The molecule has 2 aliphatic rings. The SMILES string of the molecule is CCN(C(=O)C1COCC1NC)C1CCS(=O)(=O)C1. The number of likely N-dealkylation sites (N-methyl/N-ethyl adjacent to an activating group) is 1. The van der Waals surface area contributed by atoms with E-state index in [1.165, 1.54) is 0 Å². The van der Waals surface area contributed by atoms with E-state index in [4.69, 9.17) is 4.74 Å². The largest absolute Gasteiger partial charge is 0.379 e. The molecule has 19 heavy (non-hydrogen) atoms. The number of rotatable bonds is 4. The van der Waals surface area contributed by atoms with Gasteiger partial charge in [0.1, 0.15) is 0 Å². The molecule has 0 saturated carbocycles. The Morgan fingerprint density at radius 3 is 2.68 bits per heavy atom. The minimum Gasteiger partial charge on any atom is -0.379 e. The first-order chi connectivity index (χ1) is 8.98. The molecule has 0 spiro atoms. The van der Waals surface area contributed by atoms with Crippen molar-refractivity contribution in [2.24, 2.45) is 5.92 Å². The molecule has 0 bridgehead atoms. The molecular formula is C12H22N2O4S. The topological polar surface area (TPSA) is 75.7 Å². The van der Waals surface area contributed by atoms with Crippen molar-refractivity contribution in [3.63, 3.8) is 0 Å². The van der Waals surface area contributed by atoms with Gasteiger partial charge in [-0.15, -0.1) is 0 Å². The van der Waals surface area contributed by atoms with Crippen LogP contribution in [0.4, 0.5) is 0 Å². The maximum Gasteiger partial charge on any atom is 0.229 e. The van der Waals surface area contributed by atoms with E-state index in [0.29, 0.717) is 26.2 Å². The summed E-state index contributed by atoms with van der Waals surface area (Å²) in [4.78, 5) is 14.3. The molecule has 2 fully saturated rings. The van der Waals surface area contributed by atoms with Gasteiger partial charge in [-0.1, -0.05) is 0 Å². The summed E-state index contributed by atoms with van der Waals surface area (Å²) in [6, 6.07) is -0.139. The van der Waals surface area contributed by atoms with Crippen LogP contribution in [-0.2, 0) is 19.4 Å². The van der Waals surface area contributed by atoms with Crippen molar-refractivity contribution in [3.05, 3.63) is 0 Å². The van der Waals surface area contributed by atoms with Crippen LogP contribution in [0.1, 0.15) is 13.3 Å². The molecule has 0 aromatic heterocycles. The van der Waals surface area contributed by atoms with Gasteiger partial charge in [-0.2, -0.15) is 0 Å². The summed E-state index contributed by atoms with van der Waals surface area (Å²) in [6.45, 7) is 3.40. The molecule has 3 atom stereocenters. The molecule has 2 aliphatic heterocycles. The molecule has 6 nitrogen and oxygen atoms in total. The van der Waals surface area contributed by atoms with Gasteiger partial charge >= 0.3 is 0 Å². The van der Waals surface area contributed by atoms with Crippen molar-refractivity contribution in [2.45, 2.75) is 25.4 Å². The standard InChI is InChI=1S/C12H22N2O4S/c1-3-14(9-4-5-19(16,17)8-9)12(15)10-6-18-7-11(10)13-2/h9-11,13H,3-8H2,1-2H3. The van der Waals surface area contributed by atoms with Crippen molar-refractivity contribution < 1.29 is 17.9 Å². The van der Waals surface area contributed by atoms with Crippen LogP contribution in [0.3, 0.4) is 0 Å². The lowest BCUT2D eigenvalue weighted by molar-refractivity contribution is -0.137. The number of ether oxygens (including phenoxy) is 1. The summed E-state index contributed by atoms with van der Waals surface area (Å²) >= 11 is 0. The summed E-state index contributed by atoms with van der Waals surface area (Å²) < 4.78 is 28.5. The molecular weight excluding hydrogens is 268 g/mol. The second-order valence-electron chi connectivity index (χ2n) is 5.22. The molecule has 0 aromatic carbocycles.